The Bertz CT molecular complexity index is 632. The minimum absolute atomic E-state index is 0.242. The molecule has 0 aliphatic rings. The van der Waals surface area contributed by atoms with Crippen LogP contribution in [0.5, 0.6) is 5.75 Å². The summed E-state index contributed by atoms with van der Waals surface area (Å²) in [6, 6.07) is 6.63. The first-order valence-corrected chi connectivity index (χ1v) is 6.91. The number of carbonyl (C=O) groups is 1. The normalized spacial score (nSPS) is 10.3. The van der Waals surface area contributed by atoms with E-state index in [1.165, 1.54) is 17.8 Å². The van der Waals surface area contributed by atoms with Gasteiger partial charge in [0.2, 0.25) is 0 Å². The number of methoxy groups -OCH3 is 1. The first kappa shape index (κ1) is 14.3. The van der Waals surface area contributed by atoms with Crippen LogP contribution >= 0.6 is 11.8 Å². The zero-order valence-corrected chi connectivity index (χ0v) is 12.0. The Hall–Kier alpha value is -2.08. The lowest BCUT2D eigenvalue weighted by Gasteiger charge is -2.09. The van der Waals surface area contributed by atoms with E-state index in [1.54, 1.807) is 25.4 Å². The number of thioether (sulfide) groups is 1. The highest BCUT2D eigenvalue weighted by atomic mass is 32.2. The van der Waals surface area contributed by atoms with Gasteiger partial charge in [-0.2, -0.15) is 0 Å². The van der Waals surface area contributed by atoms with Crippen molar-refractivity contribution < 1.29 is 14.6 Å². The molecule has 0 unspecified atom stereocenters. The van der Waals surface area contributed by atoms with E-state index < -0.39 is 5.97 Å². The molecule has 0 aliphatic carbocycles. The van der Waals surface area contributed by atoms with Crippen LogP contribution in [0.3, 0.4) is 0 Å². The summed E-state index contributed by atoms with van der Waals surface area (Å²) in [5.74, 6) is 0.258. The predicted octanol–water partition coefficient (Wildman–Crippen LogP) is 2.78. The summed E-state index contributed by atoms with van der Waals surface area (Å²) in [4.78, 5) is 19.5. The molecule has 0 fully saturated rings. The Labute approximate surface area is 121 Å². The molecule has 1 N–H and O–H groups in total. The Morgan fingerprint density at radius 1 is 1.40 bits per heavy atom. The molecule has 104 valence electrons. The molecule has 1 aromatic carbocycles. The van der Waals surface area contributed by atoms with Gasteiger partial charge in [-0.25, -0.2) is 14.8 Å². The van der Waals surface area contributed by atoms with Crippen LogP contribution < -0.4 is 4.74 Å². The predicted molar refractivity (Wildman–Crippen MR) is 76.3 cm³/mol. The molecule has 20 heavy (non-hydrogen) atoms. The van der Waals surface area contributed by atoms with Crippen LogP contribution in [0.15, 0.2) is 35.6 Å². The molecule has 0 saturated heterocycles. The van der Waals surface area contributed by atoms with Crippen molar-refractivity contribution in [2.75, 3.05) is 7.11 Å². The second-order valence-electron chi connectivity index (χ2n) is 4.10. The van der Waals surface area contributed by atoms with Crippen molar-refractivity contribution in [2.45, 2.75) is 17.8 Å². The molecule has 0 amide bonds. The molecule has 0 bridgehead atoms. The lowest BCUT2D eigenvalue weighted by atomic mass is 10.1. The number of hydrogen-bond acceptors (Lipinski definition) is 5. The van der Waals surface area contributed by atoms with Crippen LogP contribution in [-0.4, -0.2) is 28.2 Å². The van der Waals surface area contributed by atoms with Crippen molar-refractivity contribution in [3.05, 3.63) is 47.3 Å². The van der Waals surface area contributed by atoms with Crippen molar-refractivity contribution in [2.24, 2.45) is 0 Å². The first-order valence-electron chi connectivity index (χ1n) is 5.93. The van der Waals surface area contributed by atoms with Crippen LogP contribution in [0.4, 0.5) is 0 Å². The Morgan fingerprint density at radius 2 is 2.20 bits per heavy atom. The lowest BCUT2D eigenvalue weighted by molar-refractivity contribution is 0.0696. The molecule has 2 rings (SSSR count). The number of carboxylic acid groups (broad SMARTS) is 1. The fourth-order valence-electron chi connectivity index (χ4n) is 1.66. The van der Waals surface area contributed by atoms with E-state index in [0.29, 0.717) is 16.7 Å². The van der Waals surface area contributed by atoms with Crippen molar-refractivity contribution >= 4 is 17.7 Å². The molecule has 5 nitrogen and oxygen atoms in total. The third-order valence-electron chi connectivity index (χ3n) is 2.66. The monoisotopic (exact) mass is 290 g/mol. The highest BCUT2D eigenvalue weighted by molar-refractivity contribution is 7.98. The quantitative estimate of drug-likeness (QED) is 0.674. The number of nitrogens with zero attached hydrogens (tertiary/aromatic N) is 2. The Morgan fingerprint density at radius 3 is 2.85 bits per heavy atom. The second kappa shape index (κ2) is 6.38. The van der Waals surface area contributed by atoms with Gasteiger partial charge in [0.15, 0.2) is 5.16 Å². The van der Waals surface area contributed by atoms with E-state index in [0.717, 1.165) is 11.3 Å². The van der Waals surface area contributed by atoms with Crippen LogP contribution in [0.1, 0.15) is 21.6 Å². The number of carboxylic acids is 1. The fourth-order valence-corrected chi connectivity index (χ4v) is 2.52. The number of ether oxygens (including phenoxy) is 1. The summed E-state index contributed by atoms with van der Waals surface area (Å²) >= 11 is 1.44. The first-order chi connectivity index (χ1) is 9.60. The summed E-state index contributed by atoms with van der Waals surface area (Å²) in [5, 5.41) is 9.68. The maximum Gasteiger partial charge on any atom is 0.335 e. The van der Waals surface area contributed by atoms with Crippen molar-refractivity contribution in [1.82, 2.24) is 9.97 Å². The molecular formula is C14H14N2O3S. The van der Waals surface area contributed by atoms with Gasteiger partial charge in [0, 0.05) is 23.2 Å². The molecule has 1 heterocycles. The van der Waals surface area contributed by atoms with Gasteiger partial charge in [-0.05, 0) is 31.2 Å². The van der Waals surface area contributed by atoms with Gasteiger partial charge in [-0.1, -0.05) is 11.8 Å². The average molecular weight is 290 g/mol. The highest BCUT2D eigenvalue weighted by Crippen LogP contribution is 2.27. The van der Waals surface area contributed by atoms with E-state index >= 15 is 0 Å². The van der Waals surface area contributed by atoms with Gasteiger partial charge in [-0.15, -0.1) is 0 Å². The zero-order valence-electron chi connectivity index (χ0n) is 11.2. The van der Waals surface area contributed by atoms with Gasteiger partial charge in [0.25, 0.3) is 0 Å². The minimum Gasteiger partial charge on any atom is -0.496 e. The molecule has 0 atom stereocenters. The smallest absolute Gasteiger partial charge is 0.335 e. The number of rotatable bonds is 5. The molecule has 1 aromatic heterocycles. The van der Waals surface area contributed by atoms with E-state index in [9.17, 15) is 4.79 Å². The second-order valence-corrected chi connectivity index (χ2v) is 5.04. The van der Waals surface area contributed by atoms with Gasteiger partial charge < -0.3 is 9.84 Å². The third kappa shape index (κ3) is 3.48. The summed E-state index contributed by atoms with van der Waals surface area (Å²) in [5.41, 5.74) is 1.95. The molecule has 0 spiro atoms. The minimum atomic E-state index is -0.953. The summed E-state index contributed by atoms with van der Waals surface area (Å²) in [7, 11) is 1.56. The maximum atomic E-state index is 11.0. The zero-order chi connectivity index (χ0) is 14.5. The number of aromatic carboxylic acids is 1. The summed E-state index contributed by atoms with van der Waals surface area (Å²) < 4.78 is 5.25. The van der Waals surface area contributed by atoms with Crippen molar-refractivity contribution in [1.29, 1.82) is 0 Å². The van der Waals surface area contributed by atoms with Crippen LogP contribution in [0.2, 0.25) is 0 Å². The van der Waals surface area contributed by atoms with Crippen molar-refractivity contribution in [3.63, 3.8) is 0 Å². The lowest BCUT2D eigenvalue weighted by Crippen LogP contribution is -1.99. The van der Waals surface area contributed by atoms with E-state index in [2.05, 4.69) is 9.97 Å². The summed E-state index contributed by atoms with van der Waals surface area (Å²) in [6.07, 6.45) is 1.70. The Balaban J connectivity index is 2.19. The molecular weight excluding hydrogens is 276 g/mol. The largest absolute Gasteiger partial charge is 0.496 e. The van der Waals surface area contributed by atoms with Crippen LogP contribution in [0, 0.1) is 6.92 Å². The van der Waals surface area contributed by atoms with Gasteiger partial charge in [-0.3, -0.25) is 0 Å². The number of benzene rings is 1. The SMILES string of the molecule is COc1ccc(C(=O)O)cc1CSc1nccc(C)n1. The molecule has 2 aromatic rings. The third-order valence-corrected chi connectivity index (χ3v) is 3.57. The standard InChI is InChI=1S/C14H14N2O3S/c1-9-5-6-15-14(16-9)20-8-11-7-10(13(17)18)3-4-12(11)19-2/h3-7H,8H2,1-2H3,(H,17,18). The maximum absolute atomic E-state index is 11.0. The number of aryl methyl sites for hydroxylation is 1. The van der Waals surface area contributed by atoms with Gasteiger partial charge >= 0.3 is 5.97 Å². The Kier molecular flexibility index (Phi) is 4.57. The molecule has 0 saturated carbocycles. The van der Waals surface area contributed by atoms with Crippen LogP contribution in [0.25, 0.3) is 0 Å². The van der Waals surface area contributed by atoms with Crippen LogP contribution in [-0.2, 0) is 5.75 Å². The average Bonchev–Trinajstić information content (AvgIpc) is 2.44. The molecule has 6 heteroatoms. The van der Waals surface area contributed by atoms with Gasteiger partial charge in [0.05, 0.1) is 12.7 Å². The summed E-state index contributed by atoms with van der Waals surface area (Å²) in [6.45, 7) is 1.90. The van der Waals surface area contributed by atoms with Crippen molar-refractivity contribution in [3.8, 4) is 5.75 Å². The van der Waals surface area contributed by atoms with E-state index in [1.807, 2.05) is 13.0 Å². The van der Waals surface area contributed by atoms with Gasteiger partial charge in [0.1, 0.15) is 5.75 Å². The topological polar surface area (TPSA) is 72.3 Å². The highest BCUT2D eigenvalue weighted by Gasteiger charge is 2.10. The van der Waals surface area contributed by atoms with E-state index in [4.69, 9.17) is 9.84 Å². The molecule has 0 aliphatic heterocycles. The molecule has 0 radical (unpaired) electrons. The fraction of sp³-hybridized carbons (Fsp3) is 0.214. The van der Waals surface area contributed by atoms with E-state index in [-0.39, 0.29) is 5.56 Å². The number of aromatic nitrogens is 2. The number of hydrogen-bond donors (Lipinski definition) is 1.